The van der Waals surface area contributed by atoms with Crippen LogP contribution in [0.25, 0.3) is 6.08 Å². The summed E-state index contributed by atoms with van der Waals surface area (Å²) in [6.07, 6.45) is 12.4. The first-order chi connectivity index (χ1) is 17.9. The lowest BCUT2D eigenvalue weighted by molar-refractivity contribution is -0.0698. The highest BCUT2D eigenvalue weighted by Gasteiger charge is 2.51. The van der Waals surface area contributed by atoms with Gasteiger partial charge < -0.3 is 15.3 Å². The van der Waals surface area contributed by atoms with E-state index in [0.29, 0.717) is 22.4 Å². The number of anilines is 2. The number of likely N-dealkylation sites (tertiary alicyclic amines) is 1. The monoisotopic (exact) mass is 499 g/mol. The maximum atomic E-state index is 12.7. The lowest BCUT2D eigenvalue weighted by atomic mass is 9.49. The second-order valence-corrected chi connectivity index (χ2v) is 12.0. The van der Waals surface area contributed by atoms with Crippen LogP contribution in [0.2, 0.25) is 0 Å². The van der Waals surface area contributed by atoms with E-state index in [1.54, 1.807) is 24.3 Å². The second kappa shape index (κ2) is 9.97. The predicted molar refractivity (Wildman–Crippen MR) is 147 cm³/mol. The van der Waals surface area contributed by atoms with Crippen LogP contribution in [0, 0.1) is 23.2 Å². The number of nitrogens with one attached hydrogen (secondary N) is 2. The smallest absolute Gasteiger partial charge is 0.409 e. The lowest BCUT2D eigenvalue weighted by Crippen LogP contribution is -2.52. The van der Waals surface area contributed by atoms with Crippen molar-refractivity contribution in [2.24, 2.45) is 23.2 Å². The van der Waals surface area contributed by atoms with E-state index in [0.717, 1.165) is 49.2 Å². The molecule has 4 saturated carbocycles. The van der Waals surface area contributed by atoms with Crippen LogP contribution in [-0.4, -0.2) is 41.6 Å². The number of hydrogen-bond acceptors (Lipinski definition) is 3. The lowest BCUT2D eigenvalue weighted by Gasteiger charge is -2.58. The van der Waals surface area contributed by atoms with Crippen LogP contribution in [0.15, 0.2) is 54.1 Å². The highest BCUT2D eigenvalue weighted by molar-refractivity contribution is 6.06. The molecule has 2 aromatic carbocycles. The number of carbonyl (C=O) groups is 2. The van der Waals surface area contributed by atoms with Gasteiger partial charge in [0, 0.05) is 25.2 Å². The summed E-state index contributed by atoms with van der Waals surface area (Å²) in [4.78, 5) is 26.5. The first-order valence-corrected chi connectivity index (χ1v) is 13.9. The van der Waals surface area contributed by atoms with Gasteiger partial charge in [0.1, 0.15) is 0 Å². The largest absolute Gasteiger partial charge is 0.465 e. The van der Waals surface area contributed by atoms with Crippen LogP contribution in [0.1, 0.15) is 67.3 Å². The molecule has 6 heteroatoms. The predicted octanol–water partition coefficient (Wildman–Crippen LogP) is 6.72. The Hall–Kier alpha value is -3.12. The number of carbonyl (C=O) groups excluding carboxylic acids is 1. The molecule has 3 N–H and O–H groups in total. The molecule has 4 aliphatic carbocycles. The minimum atomic E-state index is -1.17. The number of para-hydroxylation sites is 2. The Morgan fingerprint density at radius 3 is 2.00 bits per heavy atom. The molecule has 1 heterocycles. The van der Waals surface area contributed by atoms with Crippen molar-refractivity contribution in [1.82, 2.24) is 4.90 Å². The van der Waals surface area contributed by atoms with Gasteiger partial charge >= 0.3 is 6.09 Å². The molecule has 0 unspecified atom stereocenters. The molecule has 37 heavy (non-hydrogen) atoms. The van der Waals surface area contributed by atoms with Crippen molar-refractivity contribution in [3.05, 3.63) is 65.2 Å². The van der Waals surface area contributed by atoms with E-state index in [4.69, 9.17) is 5.11 Å². The molecule has 2 aromatic rings. The molecule has 7 rings (SSSR count). The molecule has 5 aliphatic rings. The van der Waals surface area contributed by atoms with Gasteiger partial charge in [-0.3, -0.25) is 10.1 Å². The highest BCUT2D eigenvalue weighted by Crippen LogP contribution is 2.60. The molecule has 1 saturated heterocycles. The van der Waals surface area contributed by atoms with Crippen LogP contribution in [0.5, 0.6) is 0 Å². The van der Waals surface area contributed by atoms with Crippen LogP contribution < -0.4 is 10.6 Å². The third kappa shape index (κ3) is 5.45. The Balaban J connectivity index is 1.03. The summed E-state index contributed by atoms with van der Waals surface area (Å²) in [7, 11) is 0. The van der Waals surface area contributed by atoms with Gasteiger partial charge in [-0.25, -0.2) is 4.79 Å². The maximum absolute atomic E-state index is 12.7. The van der Waals surface area contributed by atoms with Gasteiger partial charge in [-0.1, -0.05) is 35.9 Å². The van der Waals surface area contributed by atoms with E-state index in [1.165, 1.54) is 50.6 Å². The zero-order valence-corrected chi connectivity index (χ0v) is 21.4. The van der Waals surface area contributed by atoms with Crippen molar-refractivity contribution in [3.63, 3.8) is 0 Å². The van der Waals surface area contributed by atoms with Crippen molar-refractivity contribution in [3.8, 4) is 0 Å². The summed E-state index contributed by atoms with van der Waals surface area (Å²) in [6.45, 7) is 3.65. The van der Waals surface area contributed by atoms with E-state index >= 15 is 0 Å². The Labute approximate surface area is 219 Å². The Morgan fingerprint density at radius 2 is 1.43 bits per heavy atom. The third-order valence-electron chi connectivity index (χ3n) is 9.18. The number of rotatable bonds is 6. The Morgan fingerprint density at radius 1 is 0.865 bits per heavy atom. The topological polar surface area (TPSA) is 81.7 Å². The fraction of sp³-hybridized carbons (Fsp3) is 0.484. The molecule has 4 bridgehead atoms. The van der Waals surface area contributed by atoms with Gasteiger partial charge in [-0.05, 0) is 104 Å². The molecular weight excluding hydrogens is 462 g/mol. The number of piperidine rings is 1. The molecule has 0 spiro atoms. The van der Waals surface area contributed by atoms with Crippen LogP contribution in [0.4, 0.5) is 16.2 Å². The third-order valence-corrected chi connectivity index (χ3v) is 9.18. The minimum Gasteiger partial charge on any atom is -0.465 e. The molecule has 6 nitrogen and oxygen atoms in total. The van der Waals surface area contributed by atoms with Crippen LogP contribution in [-0.2, 0) is 0 Å². The first-order valence-electron chi connectivity index (χ1n) is 13.9. The van der Waals surface area contributed by atoms with Gasteiger partial charge in [0.2, 0.25) is 0 Å². The van der Waals surface area contributed by atoms with Crippen LogP contribution >= 0.6 is 0 Å². The molecule has 194 valence electrons. The van der Waals surface area contributed by atoms with Gasteiger partial charge in [-0.2, -0.15) is 0 Å². The van der Waals surface area contributed by atoms with Crippen molar-refractivity contribution in [2.75, 3.05) is 30.3 Å². The number of hydrogen-bond donors (Lipinski definition) is 3. The van der Waals surface area contributed by atoms with Gasteiger partial charge in [0.05, 0.1) is 11.4 Å². The molecule has 1 aliphatic heterocycles. The van der Waals surface area contributed by atoms with E-state index in [1.807, 2.05) is 24.3 Å². The minimum absolute atomic E-state index is 0.267. The van der Waals surface area contributed by atoms with E-state index in [-0.39, 0.29) is 5.91 Å². The van der Waals surface area contributed by atoms with Gasteiger partial charge in [0.15, 0.2) is 0 Å². The highest BCUT2D eigenvalue weighted by atomic mass is 16.4. The molecule has 0 aromatic heterocycles. The fourth-order valence-corrected chi connectivity index (χ4v) is 8.08. The van der Waals surface area contributed by atoms with Crippen molar-refractivity contribution < 1.29 is 14.7 Å². The Kier molecular flexibility index (Phi) is 6.53. The van der Waals surface area contributed by atoms with Crippen molar-refractivity contribution >= 4 is 29.5 Å². The van der Waals surface area contributed by atoms with Gasteiger partial charge in [0.25, 0.3) is 5.91 Å². The SMILES string of the molecule is O=C(O)Nc1ccccc1NC(=O)c1ccc(C=C2CCN(CC34CC5CC(CC(C5)C3)C4)CC2)cc1. The summed E-state index contributed by atoms with van der Waals surface area (Å²) in [5.41, 5.74) is 4.55. The fourth-order valence-electron chi connectivity index (χ4n) is 8.08. The van der Waals surface area contributed by atoms with Crippen LogP contribution in [0.3, 0.4) is 0 Å². The van der Waals surface area contributed by atoms with E-state index in [9.17, 15) is 9.59 Å². The molecule has 0 atom stereocenters. The molecular formula is C31H37N3O3. The number of benzene rings is 2. The number of carboxylic acid groups (broad SMARTS) is 1. The average molecular weight is 500 g/mol. The summed E-state index contributed by atoms with van der Waals surface area (Å²) in [5.74, 6) is 2.80. The maximum Gasteiger partial charge on any atom is 0.409 e. The summed E-state index contributed by atoms with van der Waals surface area (Å²) in [6, 6.07) is 14.4. The van der Waals surface area contributed by atoms with E-state index in [2.05, 4.69) is 21.6 Å². The van der Waals surface area contributed by atoms with E-state index < -0.39 is 6.09 Å². The quantitative estimate of drug-likeness (QED) is 0.412. The first kappa shape index (κ1) is 24.2. The standard InChI is InChI=1S/C31H37N3O3/c35-29(32-27-3-1-2-4-28(27)33-30(36)37)26-7-5-21(6-8-26)13-22-9-11-34(12-10-22)20-31-17-23-14-24(18-31)16-25(15-23)19-31/h1-8,13,23-25,33H,9-12,14-20H2,(H,32,35)(H,36,37). The average Bonchev–Trinajstić information content (AvgIpc) is 2.85. The Bertz CT molecular complexity index is 1160. The zero-order chi connectivity index (χ0) is 25.4. The van der Waals surface area contributed by atoms with Crippen molar-refractivity contribution in [1.29, 1.82) is 0 Å². The molecule has 5 fully saturated rings. The molecule has 0 radical (unpaired) electrons. The summed E-state index contributed by atoms with van der Waals surface area (Å²) < 4.78 is 0. The molecule has 2 amide bonds. The van der Waals surface area contributed by atoms with Gasteiger partial charge in [-0.15, -0.1) is 0 Å². The van der Waals surface area contributed by atoms with Crippen molar-refractivity contribution in [2.45, 2.75) is 51.4 Å². The zero-order valence-electron chi connectivity index (χ0n) is 21.4. The normalized spacial score (nSPS) is 28.6. The second-order valence-electron chi connectivity index (χ2n) is 12.0. The number of amides is 2. The summed E-state index contributed by atoms with van der Waals surface area (Å²) in [5, 5.41) is 14.1. The summed E-state index contributed by atoms with van der Waals surface area (Å²) >= 11 is 0. The number of nitrogens with zero attached hydrogens (tertiary/aromatic N) is 1.